The van der Waals surface area contributed by atoms with E-state index in [1.54, 1.807) is 41.4 Å². The number of hydrogen-bond acceptors (Lipinski definition) is 3. The van der Waals surface area contributed by atoms with Gasteiger partial charge in [-0.1, -0.05) is 24.3 Å². The number of nitrogens with zero attached hydrogens (tertiary/aromatic N) is 2. The van der Waals surface area contributed by atoms with E-state index in [9.17, 15) is 18.0 Å². The van der Waals surface area contributed by atoms with Gasteiger partial charge in [-0.05, 0) is 47.9 Å². The lowest BCUT2D eigenvalue weighted by molar-refractivity contribution is -0.132. The average Bonchev–Trinajstić information content (AvgIpc) is 3.17. The van der Waals surface area contributed by atoms with Crippen LogP contribution in [0.3, 0.4) is 0 Å². The molecule has 1 aromatic heterocycles. The number of carbonyl (C=O) groups excluding carboxylic acids is 1. The lowest BCUT2D eigenvalue weighted by Crippen LogP contribution is -2.36. The summed E-state index contributed by atoms with van der Waals surface area (Å²) in [5.41, 5.74) is 0.964. The van der Waals surface area contributed by atoms with Crippen molar-refractivity contribution in [2.75, 3.05) is 6.54 Å². The van der Waals surface area contributed by atoms with E-state index in [0.29, 0.717) is 30.5 Å². The molecule has 3 aromatic rings. The highest BCUT2D eigenvalue weighted by atomic mass is 19.2. The summed E-state index contributed by atoms with van der Waals surface area (Å²) in [7, 11) is 0. The number of aromatic nitrogens is 1. The van der Waals surface area contributed by atoms with Gasteiger partial charge >= 0.3 is 0 Å². The zero-order valence-electron chi connectivity index (χ0n) is 16.0. The van der Waals surface area contributed by atoms with Gasteiger partial charge in [0.25, 0.3) is 0 Å². The van der Waals surface area contributed by atoms with Crippen molar-refractivity contribution in [1.29, 1.82) is 0 Å². The van der Waals surface area contributed by atoms with Crippen LogP contribution >= 0.6 is 0 Å². The number of carbonyl (C=O) groups is 1. The Morgan fingerprint density at radius 3 is 2.33 bits per heavy atom. The summed E-state index contributed by atoms with van der Waals surface area (Å²) in [6.07, 6.45) is 1.71. The normalized spacial score (nSPS) is 15.8. The van der Waals surface area contributed by atoms with Crippen LogP contribution in [0.5, 0.6) is 5.88 Å². The first-order valence-electron chi connectivity index (χ1n) is 9.60. The van der Waals surface area contributed by atoms with E-state index in [-0.39, 0.29) is 11.8 Å². The molecule has 0 radical (unpaired) electrons. The van der Waals surface area contributed by atoms with Crippen LogP contribution in [0.15, 0.2) is 66.9 Å². The minimum atomic E-state index is -1.02. The molecule has 2 aromatic carbocycles. The molecule has 0 saturated carbocycles. The number of amides is 1. The predicted molar refractivity (Wildman–Crippen MR) is 104 cm³/mol. The van der Waals surface area contributed by atoms with Gasteiger partial charge in [0.1, 0.15) is 5.82 Å². The Labute approximate surface area is 171 Å². The third kappa shape index (κ3) is 4.15. The van der Waals surface area contributed by atoms with Crippen molar-refractivity contribution in [2.45, 2.75) is 25.0 Å². The van der Waals surface area contributed by atoms with Crippen molar-refractivity contribution in [3.8, 4) is 5.88 Å². The smallest absolute Gasteiger partial charge is 0.223 e. The first-order chi connectivity index (χ1) is 14.5. The molecule has 0 spiro atoms. The Hall–Kier alpha value is -3.35. The number of rotatable bonds is 6. The Balaban J connectivity index is 1.83. The van der Waals surface area contributed by atoms with E-state index in [1.807, 2.05) is 0 Å². The number of hydrogen-bond donors (Lipinski definition) is 0. The second kappa shape index (κ2) is 8.57. The predicted octanol–water partition coefficient (Wildman–Crippen LogP) is 4.98. The van der Waals surface area contributed by atoms with Crippen LogP contribution < -0.4 is 4.74 Å². The van der Waals surface area contributed by atoms with E-state index in [4.69, 9.17) is 4.74 Å². The van der Waals surface area contributed by atoms with Crippen LogP contribution in [-0.4, -0.2) is 22.3 Å². The van der Waals surface area contributed by atoms with Gasteiger partial charge in [-0.15, -0.1) is 0 Å². The summed E-state index contributed by atoms with van der Waals surface area (Å²) in [5.74, 6) is -2.23. The van der Waals surface area contributed by atoms with Gasteiger partial charge in [0.15, 0.2) is 17.7 Å². The molecule has 2 heterocycles. The standard InChI is InChI=1S/C23H19F3N2O2/c24-17-9-6-15(7-10-17)22(28-13-3-5-21(28)29)23(30-20-4-1-2-12-27-20)16-8-11-18(25)19(26)14-16/h1-2,4,6-12,14,22-23H,3,5,13H2/t22-,23+/m1/s1. The fourth-order valence-corrected chi connectivity index (χ4v) is 3.69. The molecule has 7 heteroatoms. The van der Waals surface area contributed by atoms with Crippen LogP contribution in [0, 0.1) is 17.5 Å². The first-order valence-corrected chi connectivity index (χ1v) is 9.60. The van der Waals surface area contributed by atoms with Gasteiger partial charge in [0.05, 0.1) is 6.04 Å². The monoisotopic (exact) mass is 412 g/mol. The van der Waals surface area contributed by atoms with E-state index in [0.717, 1.165) is 12.1 Å². The van der Waals surface area contributed by atoms with Crippen LogP contribution in [0.4, 0.5) is 13.2 Å². The third-order valence-electron chi connectivity index (χ3n) is 5.10. The molecule has 30 heavy (non-hydrogen) atoms. The van der Waals surface area contributed by atoms with E-state index in [1.165, 1.54) is 18.2 Å². The van der Waals surface area contributed by atoms with Crippen LogP contribution in [0.1, 0.15) is 36.1 Å². The maximum atomic E-state index is 14.1. The summed E-state index contributed by atoms with van der Waals surface area (Å²) in [5, 5.41) is 0. The molecule has 0 unspecified atom stereocenters. The third-order valence-corrected chi connectivity index (χ3v) is 5.10. The molecule has 1 aliphatic rings. The summed E-state index contributed by atoms with van der Waals surface area (Å²) in [4.78, 5) is 18.4. The maximum Gasteiger partial charge on any atom is 0.223 e. The van der Waals surface area contributed by atoms with Crippen molar-refractivity contribution in [1.82, 2.24) is 9.88 Å². The van der Waals surface area contributed by atoms with Gasteiger partial charge < -0.3 is 9.64 Å². The highest BCUT2D eigenvalue weighted by Gasteiger charge is 2.37. The number of benzene rings is 2. The number of ether oxygens (including phenoxy) is 1. The Morgan fingerprint density at radius 2 is 1.70 bits per heavy atom. The molecule has 154 valence electrons. The highest BCUT2D eigenvalue weighted by Crippen LogP contribution is 2.40. The molecule has 0 N–H and O–H groups in total. The molecule has 1 aliphatic heterocycles. The van der Waals surface area contributed by atoms with Crippen molar-refractivity contribution in [2.24, 2.45) is 0 Å². The second-order valence-corrected chi connectivity index (χ2v) is 7.07. The number of halogens is 3. The average molecular weight is 412 g/mol. The zero-order valence-corrected chi connectivity index (χ0v) is 16.0. The second-order valence-electron chi connectivity index (χ2n) is 7.07. The van der Waals surface area contributed by atoms with Crippen LogP contribution in [-0.2, 0) is 4.79 Å². The summed E-state index contributed by atoms with van der Waals surface area (Å²) < 4.78 is 47.3. The summed E-state index contributed by atoms with van der Waals surface area (Å²) in [6, 6.07) is 13.7. The minimum Gasteiger partial charge on any atom is -0.467 e. The fourth-order valence-electron chi connectivity index (χ4n) is 3.69. The molecule has 0 aliphatic carbocycles. The maximum absolute atomic E-state index is 14.1. The Kier molecular flexibility index (Phi) is 5.70. The van der Waals surface area contributed by atoms with Crippen LogP contribution in [0.25, 0.3) is 0 Å². The Morgan fingerprint density at radius 1 is 0.933 bits per heavy atom. The topological polar surface area (TPSA) is 42.4 Å². The highest BCUT2D eigenvalue weighted by molar-refractivity contribution is 5.78. The lowest BCUT2D eigenvalue weighted by Gasteiger charge is -2.35. The van der Waals surface area contributed by atoms with Crippen LogP contribution in [0.2, 0.25) is 0 Å². The zero-order chi connectivity index (χ0) is 21.1. The molecular weight excluding hydrogens is 393 g/mol. The Bertz CT molecular complexity index is 1030. The van der Waals surface area contributed by atoms with E-state index in [2.05, 4.69) is 4.98 Å². The summed E-state index contributed by atoms with van der Waals surface area (Å²) in [6.45, 7) is 0.479. The van der Waals surface area contributed by atoms with Gasteiger partial charge in [0.2, 0.25) is 11.8 Å². The van der Waals surface area contributed by atoms with Crippen molar-refractivity contribution < 1.29 is 22.7 Å². The van der Waals surface area contributed by atoms with Gasteiger partial charge in [-0.3, -0.25) is 4.79 Å². The summed E-state index contributed by atoms with van der Waals surface area (Å²) >= 11 is 0. The molecule has 1 fully saturated rings. The van der Waals surface area contributed by atoms with Crippen molar-refractivity contribution in [3.63, 3.8) is 0 Å². The quantitative estimate of drug-likeness (QED) is 0.573. The van der Waals surface area contributed by atoms with Gasteiger partial charge in [0, 0.05) is 25.2 Å². The number of likely N-dealkylation sites (tertiary alicyclic amines) is 1. The molecule has 0 bridgehead atoms. The molecule has 4 rings (SSSR count). The fraction of sp³-hybridized carbons (Fsp3) is 0.217. The van der Waals surface area contributed by atoms with E-state index < -0.39 is 29.6 Å². The number of pyridine rings is 1. The van der Waals surface area contributed by atoms with E-state index >= 15 is 0 Å². The van der Waals surface area contributed by atoms with Crippen molar-refractivity contribution in [3.05, 3.63) is 95.4 Å². The minimum absolute atomic E-state index is 0.0819. The van der Waals surface area contributed by atoms with Gasteiger partial charge in [-0.2, -0.15) is 0 Å². The van der Waals surface area contributed by atoms with Crippen molar-refractivity contribution >= 4 is 5.91 Å². The SMILES string of the molecule is O=C1CCCN1[C@H](c1ccc(F)cc1)[C@@H](Oc1ccccn1)c1ccc(F)c(F)c1. The molecule has 4 nitrogen and oxygen atoms in total. The first kappa shape index (κ1) is 19.9. The largest absolute Gasteiger partial charge is 0.467 e. The lowest BCUT2D eigenvalue weighted by atomic mass is 9.94. The van der Waals surface area contributed by atoms with Gasteiger partial charge in [-0.25, -0.2) is 18.2 Å². The molecule has 1 saturated heterocycles. The molecule has 2 atom stereocenters. The molecule has 1 amide bonds. The molecular formula is C23H19F3N2O2.